The molecular formula is C13H29NO. The summed E-state index contributed by atoms with van der Waals surface area (Å²) in [6.07, 6.45) is 1.77. The SMILES string of the molecule is CCC(C)(C)N(C)CCC(O)C(C)(C)C. The van der Waals surface area contributed by atoms with Crippen LogP contribution in [0.5, 0.6) is 0 Å². The first-order chi connectivity index (χ1) is 6.61. The highest BCUT2D eigenvalue weighted by Gasteiger charge is 2.25. The number of rotatable bonds is 5. The molecule has 0 aliphatic heterocycles. The Kier molecular flexibility index (Phi) is 5.28. The van der Waals surface area contributed by atoms with Gasteiger partial charge in [-0.1, -0.05) is 27.7 Å². The van der Waals surface area contributed by atoms with Crippen molar-refractivity contribution < 1.29 is 5.11 Å². The first-order valence-corrected chi connectivity index (χ1v) is 6.00. The number of aliphatic hydroxyl groups is 1. The molecule has 0 amide bonds. The summed E-state index contributed by atoms with van der Waals surface area (Å²) in [6.45, 7) is 13.9. The lowest BCUT2D eigenvalue weighted by Gasteiger charge is -2.36. The second-order valence-corrected chi connectivity index (χ2v) is 6.26. The molecule has 0 radical (unpaired) electrons. The van der Waals surface area contributed by atoms with Crippen LogP contribution < -0.4 is 0 Å². The Labute approximate surface area is 95.7 Å². The predicted molar refractivity (Wildman–Crippen MR) is 67.1 cm³/mol. The van der Waals surface area contributed by atoms with E-state index in [1.54, 1.807) is 0 Å². The molecule has 15 heavy (non-hydrogen) atoms. The van der Waals surface area contributed by atoms with Crippen molar-refractivity contribution in [2.75, 3.05) is 13.6 Å². The van der Waals surface area contributed by atoms with E-state index in [4.69, 9.17) is 0 Å². The molecule has 0 aliphatic carbocycles. The molecule has 1 unspecified atom stereocenters. The number of hydrogen-bond donors (Lipinski definition) is 1. The van der Waals surface area contributed by atoms with Gasteiger partial charge in [-0.05, 0) is 39.2 Å². The maximum absolute atomic E-state index is 9.95. The molecule has 0 bridgehead atoms. The summed E-state index contributed by atoms with van der Waals surface area (Å²) in [4.78, 5) is 2.34. The van der Waals surface area contributed by atoms with Gasteiger partial charge in [0.25, 0.3) is 0 Å². The summed E-state index contributed by atoms with van der Waals surface area (Å²) in [5.74, 6) is 0. The molecule has 2 nitrogen and oxygen atoms in total. The molecule has 1 atom stereocenters. The quantitative estimate of drug-likeness (QED) is 0.762. The zero-order valence-electron chi connectivity index (χ0n) is 11.6. The minimum atomic E-state index is -0.215. The molecule has 2 heteroatoms. The molecule has 0 saturated carbocycles. The van der Waals surface area contributed by atoms with Crippen molar-refractivity contribution in [1.29, 1.82) is 0 Å². The molecule has 0 aromatic rings. The minimum Gasteiger partial charge on any atom is -0.393 e. The van der Waals surface area contributed by atoms with Crippen molar-refractivity contribution in [3.63, 3.8) is 0 Å². The van der Waals surface area contributed by atoms with Crippen molar-refractivity contribution in [1.82, 2.24) is 4.90 Å². The molecule has 0 heterocycles. The summed E-state index contributed by atoms with van der Waals surface area (Å²) in [5.41, 5.74) is 0.231. The predicted octanol–water partition coefficient (Wildman–Crippen LogP) is 2.90. The molecule has 0 rings (SSSR count). The van der Waals surface area contributed by atoms with Crippen LogP contribution in [0.4, 0.5) is 0 Å². The van der Waals surface area contributed by atoms with Crippen LogP contribution in [0.3, 0.4) is 0 Å². The fraction of sp³-hybridized carbons (Fsp3) is 1.00. The lowest BCUT2D eigenvalue weighted by molar-refractivity contribution is 0.0361. The van der Waals surface area contributed by atoms with Gasteiger partial charge in [0.15, 0.2) is 0 Å². The van der Waals surface area contributed by atoms with E-state index in [9.17, 15) is 5.11 Å². The van der Waals surface area contributed by atoms with Crippen LogP contribution in [0, 0.1) is 5.41 Å². The molecule has 0 fully saturated rings. The Bertz CT molecular complexity index is 181. The van der Waals surface area contributed by atoms with E-state index >= 15 is 0 Å². The second-order valence-electron chi connectivity index (χ2n) is 6.26. The zero-order chi connectivity index (χ0) is 12.3. The monoisotopic (exact) mass is 215 g/mol. The smallest absolute Gasteiger partial charge is 0.0600 e. The second kappa shape index (κ2) is 5.31. The van der Waals surface area contributed by atoms with Crippen molar-refractivity contribution in [3.8, 4) is 0 Å². The van der Waals surface area contributed by atoms with Crippen LogP contribution in [0.15, 0.2) is 0 Å². The van der Waals surface area contributed by atoms with Gasteiger partial charge < -0.3 is 10.0 Å². The van der Waals surface area contributed by atoms with E-state index in [0.29, 0.717) is 0 Å². The molecule has 0 aliphatic rings. The fourth-order valence-electron chi connectivity index (χ4n) is 1.32. The van der Waals surface area contributed by atoms with Gasteiger partial charge in [0, 0.05) is 12.1 Å². The third kappa shape index (κ3) is 4.98. The van der Waals surface area contributed by atoms with Crippen molar-refractivity contribution >= 4 is 0 Å². The van der Waals surface area contributed by atoms with Gasteiger partial charge in [0.1, 0.15) is 0 Å². The van der Waals surface area contributed by atoms with Gasteiger partial charge in [-0.15, -0.1) is 0 Å². The Balaban J connectivity index is 4.07. The van der Waals surface area contributed by atoms with Crippen LogP contribution in [0.2, 0.25) is 0 Å². The average Bonchev–Trinajstić information content (AvgIpc) is 2.11. The van der Waals surface area contributed by atoms with Gasteiger partial charge in [0.05, 0.1) is 6.10 Å². The van der Waals surface area contributed by atoms with E-state index in [0.717, 1.165) is 19.4 Å². The molecule has 0 saturated heterocycles. The standard InChI is InChI=1S/C13H29NO/c1-8-13(5,6)14(7)10-9-11(15)12(2,3)4/h11,15H,8-10H2,1-7H3. The van der Waals surface area contributed by atoms with Gasteiger partial charge in [-0.25, -0.2) is 0 Å². The lowest BCUT2D eigenvalue weighted by atomic mass is 9.87. The average molecular weight is 215 g/mol. The van der Waals surface area contributed by atoms with Crippen LogP contribution in [0.1, 0.15) is 54.4 Å². The van der Waals surface area contributed by atoms with Crippen molar-refractivity contribution in [3.05, 3.63) is 0 Å². The zero-order valence-corrected chi connectivity index (χ0v) is 11.6. The fourth-order valence-corrected chi connectivity index (χ4v) is 1.32. The minimum absolute atomic E-state index is 0.00278. The Morgan fingerprint density at radius 1 is 1.13 bits per heavy atom. The van der Waals surface area contributed by atoms with E-state index in [1.807, 2.05) is 0 Å². The van der Waals surface area contributed by atoms with Gasteiger partial charge in [-0.2, -0.15) is 0 Å². The largest absolute Gasteiger partial charge is 0.393 e. The van der Waals surface area contributed by atoms with E-state index in [1.165, 1.54) is 0 Å². The highest BCUT2D eigenvalue weighted by atomic mass is 16.3. The van der Waals surface area contributed by atoms with Crippen LogP contribution in [0.25, 0.3) is 0 Å². The summed E-state index contributed by atoms with van der Waals surface area (Å²) in [7, 11) is 2.14. The summed E-state index contributed by atoms with van der Waals surface area (Å²) >= 11 is 0. The Morgan fingerprint density at radius 3 is 1.93 bits per heavy atom. The topological polar surface area (TPSA) is 23.5 Å². The number of hydrogen-bond acceptors (Lipinski definition) is 2. The molecule has 1 N–H and O–H groups in total. The van der Waals surface area contributed by atoms with E-state index in [-0.39, 0.29) is 17.1 Å². The number of nitrogens with zero attached hydrogens (tertiary/aromatic N) is 1. The molecule has 0 aromatic heterocycles. The maximum Gasteiger partial charge on any atom is 0.0600 e. The van der Waals surface area contributed by atoms with Crippen LogP contribution >= 0.6 is 0 Å². The first-order valence-electron chi connectivity index (χ1n) is 6.00. The summed E-state index contributed by atoms with van der Waals surface area (Å²) in [5, 5.41) is 9.95. The van der Waals surface area contributed by atoms with Crippen LogP contribution in [-0.2, 0) is 0 Å². The Hall–Kier alpha value is -0.0800. The van der Waals surface area contributed by atoms with E-state index < -0.39 is 0 Å². The maximum atomic E-state index is 9.95. The van der Waals surface area contributed by atoms with Crippen molar-refractivity contribution in [2.45, 2.75) is 66.0 Å². The molecular weight excluding hydrogens is 186 g/mol. The molecule has 92 valence electrons. The first kappa shape index (κ1) is 14.9. The van der Waals surface area contributed by atoms with E-state index in [2.05, 4.69) is 53.5 Å². The van der Waals surface area contributed by atoms with Crippen LogP contribution in [-0.4, -0.2) is 35.2 Å². The van der Waals surface area contributed by atoms with Gasteiger partial charge in [-0.3, -0.25) is 0 Å². The lowest BCUT2D eigenvalue weighted by Crippen LogP contribution is -2.42. The molecule has 0 aromatic carbocycles. The summed E-state index contributed by atoms with van der Waals surface area (Å²) < 4.78 is 0. The molecule has 0 spiro atoms. The normalized spacial score (nSPS) is 15.8. The highest BCUT2D eigenvalue weighted by Crippen LogP contribution is 2.23. The number of aliphatic hydroxyl groups excluding tert-OH is 1. The van der Waals surface area contributed by atoms with Crippen molar-refractivity contribution in [2.24, 2.45) is 5.41 Å². The summed E-state index contributed by atoms with van der Waals surface area (Å²) in [6, 6.07) is 0. The third-order valence-corrected chi connectivity index (χ3v) is 3.64. The van der Waals surface area contributed by atoms with Gasteiger partial charge >= 0.3 is 0 Å². The third-order valence-electron chi connectivity index (χ3n) is 3.64. The van der Waals surface area contributed by atoms with Gasteiger partial charge in [0.2, 0.25) is 0 Å². The Morgan fingerprint density at radius 2 is 1.60 bits per heavy atom. The highest BCUT2D eigenvalue weighted by molar-refractivity contribution is 4.80.